The molecule has 1 saturated heterocycles. The minimum atomic E-state index is -0.966. The van der Waals surface area contributed by atoms with Crippen LogP contribution in [0.4, 0.5) is 5.13 Å². The minimum Gasteiger partial charge on any atom is -0.481 e. The Morgan fingerprint density at radius 3 is 2.33 bits per heavy atom. The van der Waals surface area contributed by atoms with Crippen LogP contribution in [0.25, 0.3) is 0 Å². The van der Waals surface area contributed by atoms with Gasteiger partial charge in [-0.15, -0.1) is 11.3 Å². The van der Waals surface area contributed by atoms with Crippen molar-refractivity contribution >= 4 is 22.4 Å². The van der Waals surface area contributed by atoms with Crippen molar-refractivity contribution in [3.8, 4) is 0 Å². The Kier molecular flexibility index (Phi) is 3.83. The molecule has 1 aromatic heterocycles. The van der Waals surface area contributed by atoms with Gasteiger partial charge in [0, 0.05) is 18.5 Å². The lowest BCUT2D eigenvalue weighted by Gasteiger charge is -2.47. The molecular weight excluding hydrogens is 288 g/mol. The quantitative estimate of drug-likeness (QED) is 0.930. The van der Waals surface area contributed by atoms with E-state index in [-0.39, 0.29) is 11.2 Å². The first-order valence-electron chi connectivity index (χ1n) is 7.07. The Morgan fingerprint density at radius 1 is 1.33 bits per heavy atom. The number of carboxylic acids is 1. The molecule has 5 nitrogen and oxygen atoms in total. The van der Waals surface area contributed by atoms with E-state index >= 15 is 0 Å². The number of aromatic nitrogens is 1. The predicted molar refractivity (Wildman–Crippen MR) is 84.2 cm³/mol. The van der Waals surface area contributed by atoms with Crippen LogP contribution in [0.1, 0.15) is 47.2 Å². The van der Waals surface area contributed by atoms with Gasteiger partial charge >= 0.3 is 5.97 Å². The Hall–Kier alpha value is -1.14. The molecule has 0 atom stereocenters. The summed E-state index contributed by atoms with van der Waals surface area (Å²) in [5.41, 5.74) is -0.866. The van der Waals surface area contributed by atoms with Crippen LogP contribution in [0.15, 0.2) is 5.38 Å². The second-order valence-corrected chi connectivity index (χ2v) is 8.26. The van der Waals surface area contributed by atoms with Gasteiger partial charge in [-0.1, -0.05) is 0 Å². The molecule has 1 fully saturated rings. The van der Waals surface area contributed by atoms with Gasteiger partial charge in [-0.3, -0.25) is 4.79 Å². The van der Waals surface area contributed by atoms with E-state index in [2.05, 4.69) is 37.6 Å². The summed E-state index contributed by atoms with van der Waals surface area (Å²) in [5.74, 6) is -0.859. The van der Waals surface area contributed by atoms with Crippen LogP contribution < -0.4 is 4.90 Å². The van der Waals surface area contributed by atoms with E-state index in [0.29, 0.717) is 5.69 Å². The third kappa shape index (κ3) is 3.37. The van der Waals surface area contributed by atoms with E-state index in [1.165, 1.54) is 11.3 Å². The number of carbonyl (C=O) groups is 1. The zero-order chi connectivity index (χ0) is 16.1. The van der Waals surface area contributed by atoms with E-state index < -0.39 is 11.4 Å². The fraction of sp³-hybridized carbons (Fsp3) is 0.733. The van der Waals surface area contributed by atoms with Gasteiger partial charge in [0.2, 0.25) is 0 Å². The summed E-state index contributed by atoms with van der Waals surface area (Å²) in [4.78, 5) is 18.1. The fourth-order valence-corrected chi connectivity index (χ4v) is 3.72. The first-order valence-corrected chi connectivity index (χ1v) is 7.95. The molecule has 1 N–H and O–H groups in total. The first kappa shape index (κ1) is 16.2. The lowest BCUT2D eigenvalue weighted by Crippen LogP contribution is -2.57. The maximum Gasteiger partial charge on any atom is 0.315 e. The standard InChI is InChI=1S/C15H24N2O3S/c1-13(2)8-17(9-14(3,4)20-13)12-16-10(7-21-12)15(5,6)11(18)19/h7H,8-9H2,1-6H3,(H,18,19). The van der Waals surface area contributed by atoms with E-state index in [9.17, 15) is 9.90 Å². The number of hydrogen-bond acceptors (Lipinski definition) is 5. The number of nitrogens with zero attached hydrogens (tertiary/aromatic N) is 2. The molecule has 1 aliphatic heterocycles. The highest BCUT2D eigenvalue weighted by molar-refractivity contribution is 7.13. The van der Waals surface area contributed by atoms with Crippen LogP contribution in [0.5, 0.6) is 0 Å². The van der Waals surface area contributed by atoms with Gasteiger partial charge in [0.25, 0.3) is 0 Å². The van der Waals surface area contributed by atoms with E-state index in [1.807, 2.05) is 5.38 Å². The van der Waals surface area contributed by atoms with Gasteiger partial charge in [0.15, 0.2) is 5.13 Å². The van der Waals surface area contributed by atoms with E-state index in [4.69, 9.17) is 4.74 Å². The second-order valence-electron chi connectivity index (χ2n) is 7.42. The first-order chi connectivity index (χ1) is 9.43. The van der Waals surface area contributed by atoms with Crippen molar-refractivity contribution in [2.75, 3.05) is 18.0 Å². The number of rotatable bonds is 3. The van der Waals surface area contributed by atoms with Crippen molar-refractivity contribution < 1.29 is 14.6 Å². The highest BCUT2D eigenvalue weighted by atomic mass is 32.1. The molecule has 0 aliphatic carbocycles. The number of aliphatic carboxylic acids is 1. The van der Waals surface area contributed by atoms with Gasteiger partial charge in [-0.05, 0) is 41.5 Å². The Balaban J connectivity index is 2.27. The molecule has 0 aromatic carbocycles. The maximum absolute atomic E-state index is 11.3. The zero-order valence-corrected chi connectivity index (χ0v) is 14.4. The number of morpholine rings is 1. The second kappa shape index (κ2) is 4.95. The fourth-order valence-electron chi connectivity index (χ4n) is 2.73. The number of anilines is 1. The molecule has 2 heterocycles. The van der Waals surface area contributed by atoms with Crippen LogP contribution in [0.2, 0.25) is 0 Å². The Bertz CT molecular complexity index is 533. The van der Waals surface area contributed by atoms with Gasteiger partial charge in [-0.25, -0.2) is 4.98 Å². The molecule has 1 aromatic rings. The monoisotopic (exact) mass is 312 g/mol. The average molecular weight is 312 g/mol. The molecule has 0 amide bonds. The molecule has 6 heteroatoms. The van der Waals surface area contributed by atoms with Gasteiger partial charge in [0.1, 0.15) is 5.41 Å². The molecule has 0 saturated carbocycles. The van der Waals surface area contributed by atoms with Gasteiger partial charge in [0.05, 0.1) is 16.9 Å². The van der Waals surface area contributed by atoms with Gasteiger partial charge in [-0.2, -0.15) is 0 Å². The summed E-state index contributed by atoms with van der Waals surface area (Å²) < 4.78 is 6.07. The van der Waals surface area contributed by atoms with E-state index in [1.54, 1.807) is 13.8 Å². The smallest absolute Gasteiger partial charge is 0.315 e. The molecule has 0 radical (unpaired) electrons. The molecule has 0 spiro atoms. The number of carboxylic acid groups (broad SMARTS) is 1. The van der Waals surface area contributed by atoms with Crippen LogP contribution in [0, 0.1) is 0 Å². The maximum atomic E-state index is 11.3. The molecule has 0 bridgehead atoms. The number of thiazole rings is 1. The SMILES string of the molecule is CC1(C)CN(c2nc(C(C)(C)C(=O)O)cs2)CC(C)(C)O1. The molecular formula is C15H24N2O3S. The highest BCUT2D eigenvalue weighted by Crippen LogP contribution is 2.35. The summed E-state index contributed by atoms with van der Waals surface area (Å²) in [6.45, 7) is 13.1. The molecule has 0 unspecified atom stereocenters. The Labute approximate surface area is 129 Å². The topological polar surface area (TPSA) is 62.7 Å². The summed E-state index contributed by atoms with van der Waals surface area (Å²) in [7, 11) is 0. The zero-order valence-electron chi connectivity index (χ0n) is 13.6. The number of hydrogen-bond donors (Lipinski definition) is 1. The van der Waals surface area contributed by atoms with Crippen LogP contribution in [-0.4, -0.2) is 40.4 Å². The van der Waals surface area contributed by atoms with Crippen LogP contribution >= 0.6 is 11.3 Å². The van der Waals surface area contributed by atoms with E-state index in [0.717, 1.165) is 18.2 Å². The van der Waals surface area contributed by atoms with Crippen LogP contribution in [-0.2, 0) is 14.9 Å². The summed E-state index contributed by atoms with van der Waals surface area (Å²) in [5, 5.41) is 12.0. The molecule has 21 heavy (non-hydrogen) atoms. The van der Waals surface area contributed by atoms with Crippen molar-refractivity contribution in [2.24, 2.45) is 0 Å². The largest absolute Gasteiger partial charge is 0.481 e. The normalized spacial score (nSPS) is 21.3. The van der Waals surface area contributed by atoms with Gasteiger partial charge < -0.3 is 14.7 Å². The minimum absolute atomic E-state index is 0.254. The number of ether oxygens (including phenoxy) is 1. The van der Waals surface area contributed by atoms with Crippen molar-refractivity contribution in [1.82, 2.24) is 4.98 Å². The third-order valence-electron chi connectivity index (χ3n) is 3.63. The van der Waals surface area contributed by atoms with Crippen molar-refractivity contribution in [2.45, 2.75) is 58.2 Å². The molecule has 118 valence electrons. The summed E-state index contributed by atoms with van der Waals surface area (Å²) >= 11 is 1.50. The van der Waals surface area contributed by atoms with Crippen molar-refractivity contribution in [3.05, 3.63) is 11.1 Å². The highest BCUT2D eigenvalue weighted by Gasteiger charge is 2.40. The molecule has 2 rings (SSSR count). The van der Waals surface area contributed by atoms with Crippen molar-refractivity contribution in [3.63, 3.8) is 0 Å². The molecule has 1 aliphatic rings. The average Bonchev–Trinajstić information content (AvgIpc) is 2.73. The summed E-state index contributed by atoms with van der Waals surface area (Å²) in [6, 6.07) is 0. The summed E-state index contributed by atoms with van der Waals surface area (Å²) in [6.07, 6.45) is 0. The van der Waals surface area contributed by atoms with Crippen molar-refractivity contribution in [1.29, 1.82) is 0 Å². The lowest BCUT2D eigenvalue weighted by molar-refractivity contribution is -0.142. The van der Waals surface area contributed by atoms with Crippen LogP contribution in [0.3, 0.4) is 0 Å². The lowest BCUT2D eigenvalue weighted by atomic mass is 9.90. The predicted octanol–water partition coefficient (Wildman–Crippen LogP) is 2.90. The Morgan fingerprint density at radius 2 is 1.86 bits per heavy atom. The third-order valence-corrected chi connectivity index (χ3v) is 4.53.